The fourth-order valence-corrected chi connectivity index (χ4v) is 11.0. The molecule has 0 atom stereocenters. The van der Waals surface area contributed by atoms with Crippen LogP contribution in [0.15, 0.2) is 214 Å². The third-order valence-corrected chi connectivity index (χ3v) is 15.3. The number of aryl methyl sites for hydroxylation is 4. The highest BCUT2D eigenvalue weighted by Crippen LogP contribution is 2.57. The van der Waals surface area contributed by atoms with Crippen molar-refractivity contribution in [2.45, 2.75) is 92.4 Å². The number of nitrogens with zero attached hydrogens (tertiary/aromatic N) is 2. The van der Waals surface area contributed by atoms with E-state index in [-0.39, 0.29) is 5.41 Å². The number of para-hydroxylation sites is 2. The van der Waals surface area contributed by atoms with E-state index >= 15 is 0 Å². The van der Waals surface area contributed by atoms with Crippen LogP contribution in [0.1, 0.15) is 121 Å². The van der Waals surface area contributed by atoms with E-state index in [1.54, 1.807) is 18.2 Å². The second-order valence-electron chi connectivity index (χ2n) is 20.2. The first-order valence-electron chi connectivity index (χ1n) is 28.3. The van der Waals surface area contributed by atoms with Crippen molar-refractivity contribution >= 4 is 58.8 Å². The van der Waals surface area contributed by atoms with Gasteiger partial charge in [-0.2, -0.15) is 0 Å². The number of hydrogen-bond donors (Lipinski definition) is 1. The monoisotopic (exact) mass is 1030 g/mol. The molecule has 3 heterocycles. The number of rotatable bonds is 10. The van der Waals surface area contributed by atoms with Gasteiger partial charge in [-0.3, -0.25) is 0 Å². The number of fused-ring (bicyclic) bond motifs is 7. The van der Waals surface area contributed by atoms with Crippen molar-refractivity contribution in [1.82, 2.24) is 0 Å². The molecule has 0 saturated carbocycles. The predicted molar refractivity (Wildman–Crippen MR) is 347 cm³/mol. The fraction of sp³-hybridized carbons (Fsp3) is 0.227. The lowest BCUT2D eigenvalue weighted by Gasteiger charge is -2.31. The maximum atomic E-state index is 3.83. The van der Waals surface area contributed by atoms with Crippen LogP contribution in [0.4, 0.5) is 28.4 Å². The molecule has 3 heteroatoms. The molecule has 7 aromatic rings. The smallest absolute Gasteiger partial charge is 0.0505 e. The molecule has 0 amide bonds. The van der Waals surface area contributed by atoms with E-state index in [2.05, 4.69) is 245 Å². The van der Waals surface area contributed by atoms with Crippen LogP contribution in [-0.4, -0.2) is 19.6 Å². The lowest BCUT2D eigenvalue weighted by Crippen LogP contribution is -2.24. The molecule has 398 valence electrons. The Morgan fingerprint density at radius 2 is 1.03 bits per heavy atom. The van der Waals surface area contributed by atoms with Gasteiger partial charge < -0.3 is 15.1 Å². The van der Waals surface area contributed by atoms with Gasteiger partial charge in [0.1, 0.15) is 0 Å². The zero-order valence-electron chi connectivity index (χ0n) is 47.7. The lowest BCUT2D eigenvalue weighted by molar-refractivity contribution is 0.490. The molecule has 11 rings (SSSR count). The zero-order chi connectivity index (χ0) is 55.3. The van der Waals surface area contributed by atoms with Gasteiger partial charge in [0.2, 0.25) is 0 Å². The third-order valence-electron chi connectivity index (χ3n) is 15.3. The number of nitrogens with one attached hydrogen (secondary N) is 1. The van der Waals surface area contributed by atoms with Crippen molar-refractivity contribution in [1.29, 1.82) is 0 Å². The first-order chi connectivity index (χ1) is 38.2. The summed E-state index contributed by atoms with van der Waals surface area (Å²) in [5.74, 6) is 0. The highest BCUT2D eigenvalue weighted by atomic mass is 15.1. The molecular weight excluding hydrogens is 943 g/mol. The van der Waals surface area contributed by atoms with Crippen molar-refractivity contribution < 1.29 is 0 Å². The summed E-state index contributed by atoms with van der Waals surface area (Å²) in [6, 6.07) is 53.9. The largest absolute Gasteiger partial charge is 0.381 e. The molecule has 0 spiro atoms. The Labute approximate surface area is 469 Å². The highest BCUT2D eigenvalue weighted by Gasteiger charge is 2.43. The summed E-state index contributed by atoms with van der Waals surface area (Å²) in [5.41, 5.74) is 24.0. The molecule has 3 nitrogen and oxygen atoms in total. The minimum absolute atomic E-state index is 0.0479. The van der Waals surface area contributed by atoms with Gasteiger partial charge in [0.05, 0.1) is 5.69 Å². The summed E-state index contributed by atoms with van der Waals surface area (Å²) in [6.45, 7) is 27.9. The second-order valence-corrected chi connectivity index (χ2v) is 20.2. The third kappa shape index (κ3) is 13.7. The van der Waals surface area contributed by atoms with Crippen LogP contribution >= 0.6 is 0 Å². The first kappa shape index (κ1) is 57.6. The quantitative estimate of drug-likeness (QED) is 0.0837. The van der Waals surface area contributed by atoms with Gasteiger partial charge in [0, 0.05) is 58.9 Å². The summed E-state index contributed by atoms with van der Waals surface area (Å²) in [4.78, 5) is 4.94. The van der Waals surface area contributed by atoms with E-state index < -0.39 is 0 Å². The molecule has 0 aromatic heterocycles. The summed E-state index contributed by atoms with van der Waals surface area (Å²) in [5, 5.41) is 3.83. The Morgan fingerprint density at radius 3 is 1.51 bits per heavy atom. The molecule has 0 radical (unpaired) electrons. The van der Waals surface area contributed by atoms with Crippen molar-refractivity contribution in [3.05, 3.63) is 275 Å². The van der Waals surface area contributed by atoms with Crippen LogP contribution in [0.2, 0.25) is 0 Å². The van der Waals surface area contributed by atoms with Crippen LogP contribution < -0.4 is 15.1 Å². The maximum Gasteiger partial charge on any atom is 0.0505 e. The Bertz CT molecular complexity index is 3220. The molecule has 78 heavy (non-hydrogen) atoms. The lowest BCUT2D eigenvalue weighted by atomic mass is 9.73. The average molecular weight is 1030 g/mol. The highest BCUT2D eigenvalue weighted by molar-refractivity contribution is 5.98. The topological polar surface area (TPSA) is 18.5 Å². The van der Waals surface area contributed by atoms with Gasteiger partial charge in [0.15, 0.2) is 0 Å². The van der Waals surface area contributed by atoms with Crippen molar-refractivity contribution in [3.8, 4) is 11.1 Å². The number of hydrogen-bond acceptors (Lipinski definition) is 3. The van der Waals surface area contributed by atoms with E-state index in [1.165, 1.54) is 114 Å². The normalized spacial score (nSPS) is 14.1. The SMILES string of the molecule is C/C=C\C=C/C.C=CC.C=CC=C.CCC1(CC)c2cc(/C=C/c3ccc(N4CCCc5ccccc54)cc3)ccc2-c2c1cc(/C=C/c1ccc(N3CCCc4ccccc43)cc1)c1c2NCC=C1.Cc1ccccc1C. The molecule has 0 fully saturated rings. The van der Waals surface area contributed by atoms with Crippen LogP contribution in [0.3, 0.4) is 0 Å². The van der Waals surface area contributed by atoms with Gasteiger partial charge in [-0.15, -0.1) is 6.58 Å². The van der Waals surface area contributed by atoms with Gasteiger partial charge in [-0.05, 0) is 177 Å². The van der Waals surface area contributed by atoms with Crippen LogP contribution in [0, 0.1) is 13.8 Å². The fourth-order valence-electron chi connectivity index (χ4n) is 11.0. The summed E-state index contributed by atoms with van der Waals surface area (Å²) in [6.07, 6.45) is 33.6. The van der Waals surface area contributed by atoms with E-state index in [0.29, 0.717) is 0 Å². The molecule has 1 aliphatic carbocycles. The standard InChI is InChI=1S/C54H51N3.C8H10.C6H10.C4H6.C3H6/c1-3-54(4-2)48-36-40(20-19-38-22-28-44(29-23-38)56-34-10-14-41-12-5-7-17-50(41)56)26-32-47(48)52-49(54)37-43(46-16-9-33-55-53(46)52)27-21-39-24-30-45(31-25-39)57-35-11-15-42-13-6-8-18-51(42)57;1-7-5-3-4-6-8(7)2;1-3-5-6-4-2;1-3-4-2;1-3-2/h5-9,12-13,16-32,36-37,55H,3-4,10-11,14-15,33-35H2,1-2H3;3-6H,1-2H3;3-6H,1-2H3;3-4H,1-2H2;3H,1H2,2H3/b20-19+,27-21+;;5-3-,6-4-;;. The molecule has 0 unspecified atom stereocenters. The molecule has 0 bridgehead atoms. The van der Waals surface area contributed by atoms with Crippen molar-refractivity contribution in [3.63, 3.8) is 0 Å². The Hall–Kier alpha value is -8.14. The zero-order valence-corrected chi connectivity index (χ0v) is 47.7. The number of anilines is 5. The van der Waals surface area contributed by atoms with Crippen LogP contribution in [0.25, 0.3) is 41.5 Å². The average Bonchev–Trinajstić information content (AvgIpc) is 4.02. The Balaban J connectivity index is 0.000000356. The van der Waals surface area contributed by atoms with Gasteiger partial charge >= 0.3 is 0 Å². The van der Waals surface area contributed by atoms with E-state index in [1.807, 2.05) is 45.1 Å². The molecule has 7 aromatic carbocycles. The molecule has 4 aliphatic rings. The minimum Gasteiger partial charge on any atom is -0.381 e. The summed E-state index contributed by atoms with van der Waals surface area (Å²) < 4.78 is 0. The maximum absolute atomic E-state index is 3.83. The Morgan fingerprint density at radius 1 is 0.551 bits per heavy atom. The molecule has 3 aliphatic heterocycles. The summed E-state index contributed by atoms with van der Waals surface area (Å²) >= 11 is 0. The van der Waals surface area contributed by atoms with Gasteiger partial charge in [-0.25, -0.2) is 0 Å². The van der Waals surface area contributed by atoms with Crippen LogP contribution in [-0.2, 0) is 18.3 Å². The number of benzene rings is 7. The number of allylic oxidation sites excluding steroid dienone is 7. The summed E-state index contributed by atoms with van der Waals surface area (Å²) in [7, 11) is 0. The molecule has 0 saturated heterocycles. The van der Waals surface area contributed by atoms with Crippen molar-refractivity contribution in [2.24, 2.45) is 0 Å². The Kier molecular flexibility index (Phi) is 21.3. The van der Waals surface area contributed by atoms with Crippen molar-refractivity contribution in [2.75, 3.05) is 34.8 Å². The van der Waals surface area contributed by atoms with E-state index in [4.69, 9.17) is 0 Å². The minimum atomic E-state index is -0.0479. The predicted octanol–water partition coefficient (Wildman–Crippen LogP) is 20.7. The van der Waals surface area contributed by atoms with Gasteiger partial charge in [-0.1, -0.05) is 209 Å². The van der Waals surface area contributed by atoms with Crippen LogP contribution in [0.5, 0.6) is 0 Å². The van der Waals surface area contributed by atoms with E-state index in [9.17, 15) is 0 Å². The van der Waals surface area contributed by atoms with E-state index in [0.717, 1.165) is 45.3 Å². The second kappa shape index (κ2) is 28.8. The van der Waals surface area contributed by atoms with Gasteiger partial charge in [0.25, 0.3) is 0 Å². The molecular formula is C75H83N3. The first-order valence-corrected chi connectivity index (χ1v) is 28.3. The molecule has 1 N–H and O–H groups in total.